The second kappa shape index (κ2) is 11.3. The van der Waals surface area contributed by atoms with Crippen LogP contribution in [0, 0.1) is 17.8 Å². The summed E-state index contributed by atoms with van der Waals surface area (Å²) < 4.78 is 16.0. The quantitative estimate of drug-likeness (QED) is 0.209. The predicted molar refractivity (Wildman–Crippen MR) is 120 cm³/mol. The van der Waals surface area contributed by atoms with Crippen molar-refractivity contribution in [2.45, 2.75) is 25.9 Å². The Balaban J connectivity index is 1.97. The summed E-state index contributed by atoms with van der Waals surface area (Å²) in [5.41, 5.74) is 0.598. The Kier molecular flexibility index (Phi) is 8.73. The van der Waals surface area contributed by atoms with Gasteiger partial charge in [0.05, 0.1) is 12.5 Å². The Morgan fingerprint density at radius 1 is 1.09 bits per heavy atom. The van der Waals surface area contributed by atoms with Crippen LogP contribution in [0.2, 0.25) is 0 Å². The minimum Gasteiger partial charge on any atom is -0.466 e. The number of hydrogen-bond donors (Lipinski definition) is 0. The normalized spacial score (nSPS) is 26.3. The number of carbonyl (C=O) groups excluding carboxylic acids is 4. The molecule has 33 heavy (non-hydrogen) atoms. The molecule has 4 rings (SSSR count). The van der Waals surface area contributed by atoms with E-state index in [1.165, 1.54) is 6.92 Å². The summed E-state index contributed by atoms with van der Waals surface area (Å²) in [4.78, 5) is 52.4. The van der Waals surface area contributed by atoms with Gasteiger partial charge in [-0.05, 0) is 24.6 Å². The van der Waals surface area contributed by atoms with Gasteiger partial charge in [-0.15, -0.1) is 23.2 Å². The third-order valence-electron chi connectivity index (χ3n) is 6.02. The van der Waals surface area contributed by atoms with E-state index in [2.05, 4.69) is 0 Å². The zero-order chi connectivity index (χ0) is 24.1. The smallest absolute Gasteiger partial charge is 0.317 e. The number of Topliss-reactive ketones (excluding diaryl/α,β-unsaturated/α-hetero) is 1. The number of rotatable bonds is 10. The third-order valence-corrected chi connectivity index (χ3v) is 6.35. The highest BCUT2D eigenvalue weighted by Gasteiger charge is 2.62. The number of hydrogen-bond acceptors (Lipinski definition) is 8. The number of benzene rings is 1. The zero-order valence-electron chi connectivity index (χ0n) is 18.5. The monoisotopic (exact) mass is 499 g/mol. The molecule has 10 heteroatoms. The lowest BCUT2D eigenvalue weighted by molar-refractivity contribution is -0.197. The number of ether oxygens (including phenoxy) is 3. The molecule has 2 aliphatic heterocycles. The van der Waals surface area contributed by atoms with Crippen LogP contribution in [0.25, 0.3) is 0 Å². The van der Waals surface area contributed by atoms with Crippen molar-refractivity contribution in [3.05, 3.63) is 29.8 Å². The molecule has 1 aromatic rings. The molecule has 3 fully saturated rings. The summed E-state index contributed by atoms with van der Waals surface area (Å²) in [6.07, 6.45) is -0.958. The fourth-order valence-electron chi connectivity index (χ4n) is 4.71. The number of halogens is 2. The molecule has 1 aliphatic carbocycles. The highest BCUT2D eigenvalue weighted by Crippen LogP contribution is 2.49. The second-order valence-electron chi connectivity index (χ2n) is 8.03. The first kappa shape index (κ1) is 25.5. The van der Waals surface area contributed by atoms with Gasteiger partial charge in [0.25, 0.3) is 0 Å². The summed E-state index contributed by atoms with van der Waals surface area (Å²) in [6, 6.07) is 6.44. The van der Waals surface area contributed by atoms with Crippen LogP contribution in [0.3, 0.4) is 0 Å². The van der Waals surface area contributed by atoms with Crippen molar-refractivity contribution in [1.29, 1.82) is 0 Å². The van der Waals surface area contributed by atoms with Crippen molar-refractivity contribution in [2.75, 3.05) is 38.0 Å². The van der Waals surface area contributed by atoms with Gasteiger partial charge in [-0.25, -0.2) is 0 Å². The Morgan fingerprint density at radius 3 is 2.27 bits per heavy atom. The lowest BCUT2D eigenvalue weighted by Gasteiger charge is -2.49. The zero-order valence-corrected chi connectivity index (χ0v) is 20.0. The summed E-state index contributed by atoms with van der Waals surface area (Å²) in [6.45, 7) is 4.43. The SMILES string of the molecule is CCOC(=O)[C@H]1[C@H]2OC(=O)[C@@H](C(=O)[C@@H]2CN(CCCl)CCCl)[C@H]1c1ccc(OC(C)=O)cc1. The lowest BCUT2D eigenvalue weighted by atomic mass is 9.60. The molecule has 2 saturated heterocycles. The van der Waals surface area contributed by atoms with Gasteiger partial charge < -0.3 is 19.1 Å². The summed E-state index contributed by atoms with van der Waals surface area (Å²) >= 11 is 11.8. The van der Waals surface area contributed by atoms with E-state index in [-0.39, 0.29) is 18.9 Å². The summed E-state index contributed by atoms with van der Waals surface area (Å²) in [5.74, 6) is -4.27. The Bertz CT molecular complexity index is 885. The number of carbonyl (C=O) groups is 4. The molecule has 2 bridgehead atoms. The van der Waals surface area contributed by atoms with Crippen LogP contribution in [0.1, 0.15) is 25.3 Å². The van der Waals surface area contributed by atoms with Crippen molar-refractivity contribution < 1.29 is 33.4 Å². The third kappa shape index (κ3) is 5.50. The van der Waals surface area contributed by atoms with E-state index in [4.69, 9.17) is 37.4 Å². The fraction of sp³-hybridized carbons (Fsp3) is 0.565. The van der Waals surface area contributed by atoms with Crippen LogP contribution in [0.15, 0.2) is 24.3 Å². The van der Waals surface area contributed by atoms with Gasteiger partial charge in [0.15, 0.2) is 5.78 Å². The van der Waals surface area contributed by atoms with Crippen LogP contribution in [-0.4, -0.2) is 72.7 Å². The Labute approximate surface area is 202 Å². The van der Waals surface area contributed by atoms with E-state index in [1.807, 2.05) is 4.90 Å². The van der Waals surface area contributed by atoms with Gasteiger partial charge in [-0.3, -0.25) is 19.2 Å². The van der Waals surface area contributed by atoms with Crippen LogP contribution >= 0.6 is 23.2 Å². The average Bonchev–Trinajstić information content (AvgIpc) is 2.76. The summed E-state index contributed by atoms with van der Waals surface area (Å²) in [7, 11) is 0. The van der Waals surface area contributed by atoms with Crippen molar-refractivity contribution in [2.24, 2.45) is 17.8 Å². The van der Waals surface area contributed by atoms with E-state index in [1.54, 1.807) is 31.2 Å². The highest BCUT2D eigenvalue weighted by molar-refractivity contribution is 6.18. The maximum Gasteiger partial charge on any atom is 0.317 e. The molecular formula is C23H27Cl2NO7. The van der Waals surface area contributed by atoms with E-state index in [9.17, 15) is 19.2 Å². The van der Waals surface area contributed by atoms with E-state index >= 15 is 0 Å². The van der Waals surface area contributed by atoms with Gasteiger partial charge in [0.1, 0.15) is 23.7 Å². The van der Waals surface area contributed by atoms with Gasteiger partial charge in [-0.1, -0.05) is 12.1 Å². The predicted octanol–water partition coefficient (Wildman–Crippen LogP) is 2.39. The van der Waals surface area contributed by atoms with Crippen LogP contribution in [-0.2, 0) is 28.7 Å². The van der Waals surface area contributed by atoms with E-state index < -0.39 is 47.7 Å². The van der Waals surface area contributed by atoms with Gasteiger partial charge >= 0.3 is 17.9 Å². The standard InChI is InChI=1S/C23H27Cl2NO7/c1-3-31-22(29)19-17(14-4-6-15(7-5-14)32-13(2)27)18-20(28)16(21(19)33-23(18)30)12-26(10-8-24)11-9-25/h4-7,16-19,21H,3,8-12H2,1-2H3/t16-,17+,18+,19+,21-/m0/s1. The molecular weight excluding hydrogens is 473 g/mol. The molecule has 8 nitrogen and oxygen atoms in total. The molecule has 1 saturated carbocycles. The molecule has 180 valence electrons. The van der Waals surface area contributed by atoms with Crippen molar-refractivity contribution in [1.82, 2.24) is 4.90 Å². The molecule has 5 atom stereocenters. The topological polar surface area (TPSA) is 99.2 Å². The average molecular weight is 500 g/mol. The highest BCUT2D eigenvalue weighted by atomic mass is 35.5. The number of ketones is 1. The Morgan fingerprint density at radius 2 is 1.73 bits per heavy atom. The van der Waals surface area contributed by atoms with Crippen LogP contribution < -0.4 is 4.74 Å². The molecule has 0 spiro atoms. The number of alkyl halides is 2. The van der Waals surface area contributed by atoms with Crippen molar-refractivity contribution in [3.8, 4) is 5.75 Å². The maximum absolute atomic E-state index is 13.4. The largest absolute Gasteiger partial charge is 0.466 e. The van der Waals surface area contributed by atoms with Crippen molar-refractivity contribution in [3.63, 3.8) is 0 Å². The molecule has 0 radical (unpaired) electrons. The molecule has 0 aromatic heterocycles. The van der Waals surface area contributed by atoms with E-state index in [0.717, 1.165) is 0 Å². The van der Waals surface area contributed by atoms with E-state index in [0.29, 0.717) is 36.2 Å². The van der Waals surface area contributed by atoms with Gasteiger partial charge in [-0.2, -0.15) is 0 Å². The maximum atomic E-state index is 13.4. The first-order valence-electron chi connectivity index (χ1n) is 10.9. The van der Waals surface area contributed by atoms with Crippen molar-refractivity contribution >= 4 is 46.9 Å². The fourth-order valence-corrected chi connectivity index (χ4v) is 5.18. The summed E-state index contributed by atoms with van der Waals surface area (Å²) in [5, 5.41) is 0. The molecule has 0 unspecified atom stereocenters. The number of fused-ring (bicyclic) bond motifs is 3. The number of nitrogens with zero attached hydrogens (tertiary/aromatic N) is 1. The number of esters is 3. The Hall–Kier alpha value is -2.16. The lowest BCUT2D eigenvalue weighted by Crippen LogP contribution is -2.63. The molecule has 0 N–H and O–H groups in total. The van der Waals surface area contributed by atoms with Gasteiger partial charge in [0, 0.05) is 44.2 Å². The first-order valence-corrected chi connectivity index (χ1v) is 11.9. The van der Waals surface area contributed by atoms with Gasteiger partial charge in [0.2, 0.25) is 0 Å². The first-order chi connectivity index (χ1) is 15.8. The molecule has 3 aliphatic rings. The second-order valence-corrected chi connectivity index (χ2v) is 8.79. The minimum absolute atomic E-state index is 0.155. The molecule has 0 amide bonds. The van der Waals surface area contributed by atoms with Crippen LogP contribution in [0.5, 0.6) is 5.75 Å². The van der Waals surface area contributed by atoms with Crippen LogP contribution in [0.4, 0.5) is 0 Å². The molecule has 2 heterocycles. The molecule has 1 aromatic carbocycles. The minimum atomic E-state index is -1.14.